The minimum absolute atomic E-state index is 0.184. The molecule has 0 radical (unpaired) electrons. The van der Waals surface area contributed by atoms with Crippen molar-refractivity contribution >= 4 is 51.1 Å². The standard InChI is InChI=1S/C6H12Cl3N3O4S/c7-6(8,9)4-16-17(14,15)12(5(11)13)3-1-2-10/h1-4,10H2,(H2,11,13). The summed E-state index contributed by atoms with van der Waals surface area (Å²) in [7, 11) is -4.38. The number of alkyl halides is 3. The average molecular weight is 329 g/mol. The van der Waals surface area contributed by atoms with Crippen molar-refractivity contribution < 1.29 is 17.4 Å². The summed E-state index contributed by atoms with van der Waals surface area (Å²) < 4.78 is 25.8. The van der Waals surface area contributed by atoms with Gasteiger partial charge in [-0.2, -0.15) is 12.7 Å². The molecule has 0 heterocycles. The molecule has 17 heavy (non-hydrogen) atoms. The first-order valence-corrected chi connectivity index (χ1v) is 6.83. The van der Waals surface area contributed by atoms with E-state index < -0.39 is 26.7 Å². The van der Waals surface area contributed by atoms with Crippen LogP contribution in [0.15, 0.2) is 0 Å². The summed E-state index contributed by atoms with van der Waals surface area (Å²) in [4.78, 5) is 10.9. The van der Waals surface area contributed by atoms with Gasteiger partial charge in [-0.3, -0.25) is 0 Å². The van der Waals surface area contributed by atoms with Crippen LogP contribution in [0.25, 0.3) is 0 Å². The summed E-state index contributed by atoms with van der Waals surface area (Å²) in [6.07, 6.45) is 0.235. The van der Waals surface area contributed by atoms with E-state index in [2.05, 4.69) is 4.18 Å². The minimum atomic E-state index is -4.38. The molecule has 0 aliphatic heterocycles. The fourth-order valence-corrected chi connectivity index (χ4v) is 2.16. The van der Waals surface area contributed by atoms with Gasteiger partial charge >= 0.3 is 16.3 Å². The molecule has 11 heteroatoms. The first kappa shape index (κ1) is 17.0. The van der Waals surface area contributed by atoms with Gasteiger partial charge in [0.15, 0.2) is 0 Å². The third-order valence-electron chi connectivity index (χ3n) is 1.45. The maximum absolute atomic E-state index is 11.5. The predicted octanol–water partition coefficient (Wildman–Crippen LogP) is 0.347. The monoisotopic (exact) mass is 327 g/mol. The molecule has 0 aliphatic carbocycles. The average Bonchev–Trinajstić information content (AvgIpc) is 2.14. The SMILES string of the molecule is NCCCN(C(N)=O)S(=O)(=O)OCC(Cl)(Cl)Cl. The molecule has 2 amide bonds. The molecular weight excluding hydrogens is 317 g/mol. The lowest BCUT2D eigenvalue weighted by Crippen LogP contribution is -2.43. The molecule has 0 spiro atoms. The van der Waals surface area contributed by atoms with Crippen molar-refractivity contribution in [3.8, 4) is 0 Å². The van der Waals surface area contributed by atoms with E-state index in [9.17, 15) is 13.2 Å². The van der Waals surface area contributed by atoms with E-state index in [1.54, 1.807) is 0 Å². The Morgan fingerprint density at radius 1 is 1.35 bits per heavy atom. The maximum Gasteiger partial charge on any atom is 0.366 e. The molecule has 0 unspecified atom stereocenters. The van der Waals surface area contributed by atoms with Crippen molar-refractivity contribution in [1.29, 1.82) is 0 Å². The van der Waals surface area contributed by atoms with Crippen LogP contribution >= 0.6 is 34.8 Å². The Balaban J connectivity index is 4.67. The van der Waals surface area contributed by atoms with Gasteiger partial charge in [0.1, 0.15) is 6.61 Å². The second kappa shape index (κ2) is 6.81. The molecule has 4 N–H and O–H groups in total. The van der Waals surface area contributed by atoms with Crippen LogP contribution in [0, 0.1) is 0 Å². The van der Waals surface area contributed by atoms with Gasteiger partial charge in [-0.05, 0) is 13.0 Å². The van der Waals surface area contributed by atoms with Gasteiger partial charge in [-0.15, -0.1) is 0 Å². The Kier molecular flexibility index (Phi) is 6.82. The number of hydrogen-bond donors (Lipinski definition) is 2. The van der Waals surface area contributed by atoms with Gasteiger partial charge in [0, 0.05) is 6.54 Å². The van der Waals surface area contributed by atoms with E-state index in [4.69, 9.17) is 46.3 Å². The fraction of sp³-hybridized carbons (Fsp3) is 0.833. The quantitative estimate of drug-likeness (QED) is 0.682. The van der Waals surface area contributed by atoms with E-state index in [1.165, 1.54) is 0 Å². The van der Waals surface area contributed by atoms with Gasteiger partial charge in [0.2, 0.25) is 3.79 Å². The van der Waals surface area contributed by atoms with Crippen molar-refractivity contribution in [1.82, 2.24) is 4.31 Å². The molecule has 0 aromatic rings. The summed E-state index contributed by atoms with van der Waals surface area (Å²) in [5, 5.41) is 0. The molecule has 0 atom stereocenters. The van der Waals surface area contributed by atoms with E-state index in [0.29, 0.717) is 4.31 Å². The molecule has 0 aromatic carbocycles. The Hall–Kier alpha value is 0.01000. The van der Waals surface area contributed by atoms with E-state index >= 15 is 0 Å². The molecule has 7 nitrogen and oxygen atoms in total. The van der Waals surface area contributed by atoms with Crippen LogP contribution in [0.2, 0.25) is 0 Å². The number of nitrogens with zero attached hydrogens (tertiary/aromatic N) is 1. The Bertz CT molecular complexity index is 356. The number of carbonyl (C=O) groups excluding carboxylic acids is 1. The highest BCUT2D eigenvalue weighted by molar-refractivity contribution is 7.84. The molecule has 0 rings (SSSR count). The van der Waals surface area contributed by atoms with Gasteiger partial charge in [-0.25, -0.2) is 8.98 Å². The number of halogens is 3. The zero-order valence-corrected chi connectivity index (χ0v) is 11.7. The topological polar surface area (TPSA) is 116 Å². The number of carbonyl (C=O) groups is 1. The van der Waals surface area contributed by atoms with Gasteiger partial charge in [-0.1, -0.05) is 34.8 Å². The van der Waals surface area contributed by atoms with Crippen LogP contribution in [-0.2, 0) is 14.5 Å². The summed E-state index contributed by atoms with van der Waals surface area (Å²) in [6, 6.07) is -1.19. The molecule has 0 saturated carbocycles. The molecule has 0 bridgehead atoms. The summed E-state index contributed by atoms with van der Waals surface area (Å²) in [6.45, 7) is -0.746. The van der Waals surface area contributed by atoms with E-state index in [-0.39, 0.29) is 19.5 Å². The molecule has 0 aromatic heterocycles. The zero-order valence-electron chi connectivity index (χ0n) is 8.61. The molecule has 0 fully saturated rings. The Morgan fingerprint density at radius 3 is 2.24 bits per heavy atom. The highest BCUT2D eigenvalue weighted by Crippen LogP contribution is 2.27. The molecule has 0 aliphatic rings. The van der Waals surface area contributed by atoms with Gasteiger partial charge in [0.05, 0.1) is 0 Å². The van der Waals surface area contributed by atoms with Crippen molar-refractivity contribution in [3.63, 3.8) is 0 Å². The van der Waals surface area contributed by atoms with E-state index in [1.807, 2.05) is 0 Å². The van der Waals surface area contributed by atoms with Gasteiger partial charge < -0.3 is 11.5 Å². The number of nitrogens with two attached hydrogens (primary N) is 2. The van der Waals surface area contributed by atoms with Crippen molar-refractivity contribution in [3.05, 3.63) is 0 Å². The fourth-order valence-electron chi connectivity index (χ4n) is 0.772. The highest BCUT2D eigenvalue weighted by atomic mass is 35.6. The lowest BCUT2D eigenvalue weighted by molar-refractivity contribution is 0.221. The van der Waals surface area contributed by atoms with Crippen LogP contribution in [0.1, 0.15) is 6.42 Å². The second-order valence-corrected chi connectivity index (χ2v) is 6.94. The molecule has 102 valence electrons. The molecule has 0 saturated heterocycles. The predicted molar refractivity (Wildman–Crippen MR) is 65.1 cm³/mol. The highest BCUT2D eigenvalue weighted by Gasteiger charge is 2.30. The Labute approximate surface area is 114 Å². The van der Waals surface area contributed by atoms with Crippen molar-refractivity contribution in [2.75, 3.05) is 19.7 Å². The van der Waals surface area contributed by atoms with Crippen LogP contribution in [0.5, 0.6) is 0 Å². The lowest BCUT2D eigenvalue weighted by Gasteiger charge is -2.20. The number of hydrogen-bond acceptors (Lipinski definition) is 5. The zero-order chi connectivity index (χ0) is 13.7. The largest absolute Gasteiger partial charge is 0.366 e. The summed E-state index contributed by atoms with van der Waals surface area (Å²) in [5.41, 5.74) is 10.1. The number of primary amides is 1. The molecular formula is C6H12Cl3N3O4S. The lowest BCUT2D eigenvalue weighted by atomic mass is 10.4. The Morgan fingerprint density at radius 2 is 1.88 bits per heavy atom. The number of urea groups is 1. The third kappa shape index (κ3) is 7.12. The number of rotatable bonds is 6. The van der Waals surface area contributed by atoms with E-state index in [0.717, 1.165) is 0 Å². The maximum atomic E-state index is 11.5. The van der Waals surface area contributed by atoms with Crippen molar-refractivity contribution in [2.45, 2.75) is 10.2 Å². The van der Waals surface area contributed by atoms with Crippen LogP contribution < -0.4 is 11.5 Å². The minimum Gasteiger partial charge on any atom is -0.351 e. The second-order valence-electron chi connectivity index (χ2n) is 2.89. The first-order chi connectivity index (χ1) is 7.60. The smallest absolute Gasteiger partial charge is 0.351 e. The summed E-state index contributed by atoms with van der Waals surface area (Å²) >= 11 is 15.9. The van der Waals surface area contributed by atoms with Crippen LogP contribution in [0.3, 0.4) is 0 Å². The van der Waals surface area contributed by atoms with Crippen LogP contribution in [0.4, 0.5) is 4.79 Å². The van der Waals surface area contributed by atoms with Crippen molar-refractivity contribution in [2.24, 2.45) is 11.5 Å². The normalized spacial score (nSPS) is 12.5. The third-order valence-corrected chi connectivity index (χ3v) is 3.10. The summed E-state index contributed by atoms with van der Waals surface area (Å²) in [5.74, 6) is 0. The van der Waals surface area contributed by atoms with Crippen LogP contribution in [-0.4, -0.2) is 42.2 Å². The van der Waals surface area contributed by atoms with Gasteiger partial charge in [0.25, 0.3) is 0 Å². The first-order valence-electron chi connectivity index (χ1n) is 4.33. The number of amides is 2.